The van der Waals surface area contributed by atoms with Gasteiger partial charge in [0.2, 0.25) is 0 Å². The number of ether oxygens (including phenoxy) is 2. The number of ketones is 1. The van der Waals surface area contributed by atoms with Gasteiger partial charge in [0.15, 0.2) is 0 Å². The van der Waals surface area contributed by atoms with Gasteiger partial charge in [0.05, 0.1) is 11.8 Å². The van der Waals surface area contributed by atoms with Gasteiger partial charge in [-0.1, -0.05) is 0 Å². The Labute approximate surface area is 120 Å². The fourth-order valence-electron chi connectivity index (χ4n) is 2.11. The molecule has 1 aliphatic carbocycles. The number of hydrogen-bond acceptors (Lipinski definition) is 5. The Morgan fingerprint density at radius 1 is 0.850 bits per heavy atom. The lowest BCUT2D eigenvalue weighted by molar-refractivity contribution is -0.171. The highest BCUT2D eigenvalue weighted by Gasteiger charge is 2.45. The van der Waals surface area contributed by atoms with Crippen LogP contribution in [0.4, 0.5) is 0 Å². The van der Waals surface area contributed by atoms with Gasteiger partial charge in [-0.15, -0.1) is 0 Å². The highest BCUT2D eigenvalue weighted by molar-refractivity contribution is 5.95. The lowest BCUT2D eigenvalue weighted by Gasteiger charge is -2.26. The second-order valence-electron chi connectivity index (χ2n) is 7.23. The first-order valence-electron chi connectivity index (χ1n) is 6.86. The zero-order valence-electron chi connectivity index (χ0n) is 13.1. The molecule has 0 radical (unpaired) electrons. The van der Waals surface area contributed by atoms with Crippen LogP contribution in [0.15, 0.2) is 0 Å². The van der Waals surface area contributed by atoms with E-state index in [9.17, 15) is 14.4 Å². The first-order valence-corrected chi connectivity index (χ1v) is 6.86. The number of hydrogen-bond donors (Lipinski definition) is 0. The minimum Gasteiger partial charge on any atom is -0.460 e. The Bertz CT molecular complexity index is 373. The molecule has 0 aromatic rings. The molecule has 2 atom stereocenters. The molecule has 0 aromatic carbocycles. The molecule has 1 fully saturated rings. The zero-order chi connectivity index (χ0) is 15.7. The Morgan fingerprint density at radius 2 is 1.15 bits per heavy atom. The van der Waals surface area contributed by atoms with Crippen molar-refractivity contribution < 1.29 is 23.9 Å². The first-order chi connectivity index (χ1) is 8.89. The van der Waals surface area contributed by atoms with Gasteiger partial charge in [-0.05, 0) is 41.5 Å². The van der Waals surface area contributed by atoms with Gasteiger partial charge in [0.25, 0.3) is 0 Å². The van der Waals surface area contributed by atoms with Gasteiger partial charge in [-0.3, -0.25) is 14.4 Å². The summed E-state index contributed by atoms with van der Waals surface area (Å²) in [5.41, 5.74) is -1.28. The molecule has 0 heterocycles. The molecule has 0 aliphatic heterocycles. The molecule has 1 saturated carbocycles. The lowest BCUT2D eigenvalue weighted by atomic mass is 9.95. The van der Waals surface area contributed by atoms with Crippen LogP contribution in [0.3, 0.4) is 0 Å². The molecular weight excluding hydrogens is 260 g/mol. The van der Waals surface area contributed by atoms with Gasteiger partial charge in [-0.25, -0.2) is 0 Å². The Kier molecular flexibility index (Phi) is 4.62. The smallest absolute Gasteiger partial charge is 0.310 e. The topological polar surface area (TPSA) is 69.7 Å². The third-order valence-corrected chi connectivity index (χ3v) is 2.80. The van der Waals surface area contributed by atoms with Crippen LogP contribution in [-0.2, 0) is 23.9 Å². The highest BCUT2D eigenvalue weighted by Crippen LogP contribution is 2.33. The summed E-state index contributed by atoms with van der Waals surface area (Å²) in [5, 5.41) is 0. The maximum absolute atomic E-state index is 12.1. The molecule has 0 amide bonds. The number of carbonyl (C=O) groups excluding carboxylic acids is 3. The van der Waals surface area contributed by atoms with Crippen molar-refractivity contribution in [3.05, 3.63) is 0 Å². The van der Waals surface area contributed by atoms with Crippen LogP contribution < -0.4 is 0 Å². The maximum atomic E-state index is 12.1. The summed E-state index contributed by atoms with van der Waals surface area (Å²) >= 11 is 0. The molecule has 0 saturated heterocycles. The molecule has 5 nitrogen and oxygen atoms in total. The third kappa shape index (κ3) is 4.94. The van der Waals surface area contributed by atoms with E-state index in [0.29, 0.717) is 0 Å². The predicted molar refractivity (Wildman–Crippen MR) is 72.9 cm³/mol. The summed E-state index contributed by atoms with van der Waals surface area (Å²) in [6, 6.07) is 0. The average molecular weight is 284 g/mol. The van der Waals surface area contributed by atoms with E-state index in [-0.39, 0.29) is 18.6 Å². The Hall–Kier alpha value is -1.39. The van der Waals surface area contributed by atoms with Crippen LogP contribution in [0.2, 0.25) is 0 Å². The molecule has 1 aliphatic rings. The second-order valence-corrected chi connectivity index (χ2v) is 7.23. The fraction of sp³-hybridized carbons (Fsp3) is 0.800. The number of carbonyl (C=O) groups is 3. The minimum absolute atomic E-state index is 0.0544. The minimum atomic E-state index is -0.725. The van der Waals surface area contributed by atoms with Crippen molar-refractivity contribution >= 4 is 17.7 Å². The molecule has 0 N–H and O–H groups in total. The lowest BCUT2D eigenvalue weighted by Crippen LogP contribution is -2.36. The van der Waals surface area contributed by atoms with Crippen molar-refractivity contribution in [3.63, 3.8) is 0 Å². The number of Topliss-reactive ketones (excluding diaryl/α,β-unsaturated/α-hetero) is 1. The quantitative estimate of drug-likeness (QED) is 0.727. The van der Waals surface area contributed by atoms with E-state index in [2.05, 4.69) is 0 Å². The molecule has 0 aromatic heterocycles. The van der Waals surface area contributed by atoms with Crippen LogP contribution >= 0.6 is 0 Å². The third-order valence-electron chi connectivity index (χ3n) is 2.80. The van der Waals surface area contributed by atoms with E-state index >= 15 is 0 Å². The van der Waals surface area contributed by atoms with Crippen molar-refractivity contribution in [1.82, 2.24) is 0 Å². The van der Waals surface area contributed by atoms with Crippen molar-refractivity contribution in [1.29, 1.82) is 0 Å². The SMILES string of the molecule is CC(C)(C)OC(=O)C1CC(=O)CC1C(=O)OC(C)(C)C. The molecule has 2 unspecified atom stereocenters. The van der Waals surface area contributed by atoms with E-state index in [4.69, 9.17) is 9.47 Å². The monoisotopic (exact) mass is 284 g/mol. The van der Waals surface area contributed by atoms with Crippen LogP contribution in [-0.4, -0.2) is 28.9 Å². The standard InChI is InChI=1S/C15H24O5/c1-14(2,3)19-12(17)10-7-9(16)8-11(10)13(18)20-15(4,5)6/h10-11H,7-8H2,1-6H3. The number of esters is 2. The van der Waals surface area contributed by atoms with Crippen molar-refractivity contribution in [2.45, 2.75) is 65.6 Å². The van der Waals surface area contributed by atoms with E-state index in [0.717, 1.165) is 0 Å². The maximum Gasteiger partial charge on any atom is 0.310 e. The molecule has 114 valence electrons. The summed E-state index contributed by atoms with van der Waals surface area (Å²) in [6.07, 6.45) is 0.109. The second kappa shape index (κ2) is 5.54. The highest BCUT2D eigenvalue weighted by atomic mass is 16.6. The van der Waals surface area contributed by atoms with Crippen molar-refractivity contribution in [2.75, 3.05) is 0 Å². The van der Waals surface area contributed by atoms with Crippen molar-refractivity contribution in [3.8, 4) is 0 Å². The summed E-state index contributed by atoms with van der Waals surface area (Å²) < 4.78 is 10.6. The van der Waals surface area contributed by atoms with Gasteiger partial charge < -0.3 is 9.47 Å². The number of rotatable bonds is 2. The van der Waals surface area contributed by atoms with Gasteiger partial charge in [-0.2, -0.15) is 0 Å². The largest absolute Gasteiger partial charge is 0.460 e. The van der Waals surface area contributed by atoms with E-state index < -0.39 is 35.0 Å². The van der Waals surface area contributed by atoms with Gasteiger partial charge in [0.1, 0.15) is 17.0 Å². The van der Waals surface area contributed by atoms with Crippen molar-refractivity contribution in [2.24, 2.45) is 11.8 Å². The average Bonchev–Trinajstić information content (AvgIpc) is 2.55. The summed E-state index contributed by atoms with van der Waals surface area (Å²) in [6.45, 7) is 10.5. The summed E-state index contributed by atoms with van der Waals surface area (Å²) in [5.74, 6) is -2.55. The summed E-state index contributed by atoms with van der Waals surface area (Å²) in [4.78, 5) is 35.8. The van der Waals surface area contributed by atoms with Crippen LogP contribution in [0.5, 0.6) is 0 Å². The Morgan fingerprint density at radius 3 is 1.40 bits per heavy atom. The molecular formula is C15H24O5. The van der Waals surface area contributed by atoms with Crippen LogP contribution in [0.1, 0.15) is 54.4 Å². The molecule has 20 heavy (non-hydrogen) atoms. The molecule has 0 bridgehead atoms. The molecule has 0 spiro atoms. The first kappa shape index (κ1) is 16.7. The Balaban J connectivity index is 2.81. The van der Waals surface area contributed by atoms with Crippen LogP contribution in [0.25, 0.3) is 0 Å². The normalized spacial score (nSPS) is 23.6. The van der Waals surface area contributed by atoms with Gasteiger partial charge in [0, 0.05) is 12.8 Å². The van der Waals surface area contributed by atoms with E-state index in [1.54, 1.807) is 41.5 Å². The zero-order valence-corrected chi connectivity index (χ0v) is 13.1. The fourth-order valence-corrected chi connectivity index (χ4v) is 2.11. The molecule has 1 rings (SSSR count). The predicted octanol–water partition coefficient (Wildman–Crippen LogP) is 2.27. The molecule has 5 heteroatoms. The van der Waals surface area contributed by atoms with E-state index in [1.807, 2.05) is 0 Å². The van der Waals surface area contributed by atoms with Crippen LogP contribution in [0, 0.1) is 11.8 Å². The summed E-state index contributed by atoms with van der Waals surface area (Å²) in [7, 11) is 0. The van der Waals surface area contributed by atoms with Gasteiger partial charge >= 0.3 is 11.9 Å². The van der Waals surface area contributed by atoms with E-state index in [1.165, 1.54) is 0 Å².